The van der Waals surface area contributed by atoms with Crippen LogP contribution in [-0.2, 0) is 4.79 Å². The van der Waals surface area contributed by atoms with Gasteiger partial charge in [-0.25, -0.2) is 0 Å². The molecule has 2 aromatic rings. The van der Waals surface area contributed by atoms with Gasteiger partial charge in [0.15, 0.2) is 0 Å². The minimum absolute atomic E-state index is 0.212. The molecule has 0 spiro atoms. The molecule has 2 heterocycles. The van der Waals surface area contributed by atoms with Gasteiger partial charge in [0.05, 0.1) is 5.69 Å². The molecule has 0 radical (unpaired) electrons. The van der Waals surface area contributed by atoms with Crippen LogP contribution in [0.5, 0.6) is 0 Å². The molecule has 1 fully saturated rings. The Morgan fingerprint density at radius 2 is 1.91 bits per heavy atom. The molecular formula is C15H20N6OS. The number of carbonyl (C=O) groups is 1. The summed E-state index contributed by atoms with van der Waals surface area (Å²) in [6.07, 6.45) is 0.510. The van der Waals surface area contributed by atoms with E-state index < -0.39 is 0 Å². The molecule has 0 atom stereocenters. The largest absolute Gasteiger partial charge is 0.340 e. The molecular weight excluding hydrogens is 312 g/mol. The minimum Gasteiger partial charge on any atom is -0.340 e. The molecule has 23 heavy (non-hydrogen) atoms. The number of hydrogen-bond donors (Lipinski definition) is 0. The van der Waals surface area contributed by atoms with E-state index in [0.717, 1.165) is 31.9 Å². The van der Waals surface area contributed by atoms with Crippen molar-refractivity contribution in [2.24, 2.45) is 0 Å². The quantitative estimate of drug-likeness (QED) is 0.759. The molecule has 1 aliphatic heterocycles. The Bertz CT molecular complexity index is 638. The van der Waals surface area contributed by atoms with Gasteiger partial charge in [-0.15, -0.1) is 5.10 Å². The normalized spacial score (nSPS) is 15.8. The number of rotatable bonds is 5. The number of carbonyl (C=O) groups excluding carboxylic acids is 1. The van der Waals surface area contributed by atoms with Crippen LogP contribution in [-0.4, -0.2) is 74.9 Å². The first-order valence-corrected chi connectivity index (χ1v) is 8.65. The van der Waals surface area contributed by atoms with Crippen LogP contribution in [0.4, 0.5) is 0 Å². The fourth-order valence-electron chi connectivity index (χ4n) is 2.44. The lowest BCUT2D eigenvalue weighted by Crippen LogP contribution is -2.47. The molecule has 1 saturated heterocycles. The van der Waals surface area contributed by atoms with Crippen molar-refractivity contribution in [1.82, 2.24) is 30.0 Å². The number of thioether (sulfide) groups is 1. The van der Waals surface area contributed by atoms with Crippen molar-refractivity contribution in [1.29, 1.82) is 0 Å². The van der Waals surface area contributed by atoms with Gasteiger partial charge in [-0.2, -0.15) is 4.68 Å². The van der Waals surface area contributed by atoms with Crippen LogP contribution in [0.15, 0.2) is 35.5 Å². The number of tetrazole rings is 1. The highest BCUT2D eigenvalue weighted by Crippen LogP contribution is 2.19. The smallest absolute Gasteiger partial charge is 0.223 e. The highest BCUT2D eigenvalue weighted by Gasteiger charge is 2.19. The fourth-order valence-corrected chi connectivity index (χ4v) is 3.26. The Hall–Kier alpha value is -1.93. The molecule has 1 amide bonds. The second kappa shape index (κ2) is 7.56. The average Bonchev–Trinajstić information content (AvgIpc) is 3.05. The van der Waals surface area contributed by atoms with Gasteiger partial charge in [0.25, 0.3) is 0 Å². The zero-order chi connectivity index (χ0) is 16.1. The number of piperazine rings is 1. The van der Waals surface area contributed by atoms with Gasteiger partial charge in [-0.05, 0) is 29.6 Å². The van der Waals surface area contributed by atoms with Crippen molar-refractivity contribution < 1.29 is 4.79 Å². The summed E-state index contributed by atoms with van der Waals surface area (Å²) in [6.45, 7) is 3.54. The second-order valence-electron chi connectivity index (χ2n) is 5.49. The van der Waals surface area contributed by atoms with E-state index in [1.54, 1.807) is 4.68 Å². The second-order valence-corrected chi connectivity index (χ2v) is 6.55. The lowest BCUT2D eigenvalue weighted by molar-refractivity contribution is -0.132. The SMILES string of the molecule is CN1CCN(C(=O)CCSc2nnnn2-c2ccccc2)CC1. The summed E-state index contributed by atoms with van der Waals surface area (Å²) in [5.74, 6) is 0.891. The zero-order valence-corrected chi connectivity index (χ0v) is 13.9. The van der Waals surface area contributed by atoms with Crippen molar-refractivity contribution in [2.45, 2.75) is 11.6 Å². The molecule has 3 rings (SSSR count). The minimum atomic E-state index is 0.212. The van der Waals surface area contributed by atoms with Crippen LogP contribution in [0.25, 0.3) is 5.69 Å². The van der Waals surface area contributed by atoms with Gasteiger partial charge in [0, 0.05) is 38.4 Å². The van der Waals surface area contributed by atoms with Crippen LogP contribution in [0, 0.1) is 0 Å². The number of benzene rings is 1. The van der Waals surface area contributed by atoms with E-state index in [1.807, 2.05) is 35.2 Å². The summed E-state index contributed by atoms with van der Waals surface area (Å²) >= 11 is 1.51. The maximum Gasteiger partial charge on any atom is 0.223 e. The molecule has 0 unspecified atom stereocenters. The van der Waals surface area contributed by atoms with E-state index in [2.05, 4.69) is 27.5 Å². The summed E-state index contributed by atoms with van der Waals surface area (Å²) in [5, 5.41) is 12.5. The van der Waals surface area contributed by atoms with E-state index in [-0.39, 0.29) is 5.91 Å². The maximum atomic E-state index is 12.2. The van der Waals surface area contributed by atoms with Crippen LogP contribution in [0.3, 0.4) is 0 Å². The predicted molar refractivity (Wildman–Crippen MR) is 88.6 cm³/mol. The average molecular weight is 332 g/mol. The molecule has 0 saturated carbocycles. The Labute approximate surface area is 139 Å². The van der Waals surface area contributed by atoms with Gasteiger partial charge < -0.3 is 9.80 Å². The highest BCUT2D eigenvalue weighted by molar-refractivity contribution is 7.99. The third-order valence-electron chi connectivity index (χ3n) is 3.84. The highest BCUT2D eigenvalue weighted by atomic mass is 32.2. The first kappa shape index (κ1) is 15.9. The third-order valence-corrected chi connectivity index (χ3v) is 4.77. The van der Waals surface area contributed by atoms with Crippen LogP contribution in [0.1, 0.15) is 6.42 Å². The Balaban J connectivity index is 1.52. The van der Waals surface area contributed by atoms with Gasteiger partial charge in [-0.3, -0.25) is 4.79 Å². The molecule has 8 heteroatoms. The van der Waals surface area contributed by atoms with Crippen molar-refractivity contribution in [3.8, 4) is 5.69 Å². The lowest BCUT2D eigenvalue weighted by Gasteiger charge is -2.32. The van der Waals surface area contributed by atoms with Gasteiger partial charge in [0.1, 0.15) is 0 Å². The first-order chi connectivity index (χ1) is 11.2. The summed E-state index contributed by atoms with van der Waals surface area (Å²) in [5.41, 5.74) is 0.922. The van der Waals surface area contributed by atoms with Crippen molar-refractivity contribution in [3.63, 3.8) is 0 Å². The van der Waals surface area contributed by atoms with E-state index in [4.69, 9.17) is 0 Å². The van der Waals surface area contributed by atoms with Crippen molar-refractivity contribution >= 4 is 17.7 Å². The number of hydrogen-bond acceptors (Lipinski definition) is 6. The van der Waals surface area contributed by atoms with E-state index >= 15 is 0 Å². The molecule has 1 aliphatic rings. The summed E-state index contributed by atoms with van der Waals surface area (Å²) < 4.78 is 1.70. The molecule has 1 aromatic heterocycles. The maximum absolute atomic E-state index is 12.2. The molecule has 0 aliphatic carbocycles. The lowest BCUT2D eigenvalue weighted by atomic mass is 10.3. The van der Waals surface area contributed by atoms with Crippen LogP contribution >= 0.6 is 11.8 Å². The van der Waals surface area contributed by atoms with Crippen molar-refractivity contribution in [2.75, 3.05) is 39.0 Å². The summed E-state index contributed by atoms with van der Waals surface area (Å²) in [7, 11) is 2.08. The van der Waals surface area contributed by atoms with Crippen LogP contribution in [0.2, 0.25) is 0 Å². The number of amides is 1. The number of para-hydroxylation sites is 1. The Morgan fingerprint density at radius 1 is 1.17 bits per heavy atom. The monoisotopic (exact) mass is 332 g/mol. The van der Waals surface area contributed by atoms with E-state index in [9.17, 15) is 4.79 Å². The topological polar surface area (TPSA) is 67.2 Å². The van der Waals surface area contributed by atoms with Crippen LogP contribution < -0.4 is 0 Å². The van der Waals surface area contributed by atoms with Gasteiger partial charge in [-0.1, -0.05) is 30.0 Å². The molecule has 7 nitrogen and oxygen atoms in total. The molecule has 0 N–H and O–H groups in total. The molecule has 0 bridgehead atoms. The first-order valence-electron chi connectivity index (χ1n) is 7.67. The number of aromatic nitrogens is 4. The summed E-state index contributed by atoms with van der Waals surface area (Å²) in [4.78, 5) is 16.4. The number of nitrogens with zero attached hydrogens (tertiary/aromatic N) is 6. The molecule has 122 valence electrons. The zero-order valence-electron chi connectivity index (χ0n) is 13.1. The van der Waals surface area contributed by atoms with Crippen molar-refractivity contribution in [3.05, 3.63) is 30.3 Å². The van der Waals surface area contributed by atoms with Gasteiger partial charge in [0.2, 0.25) is 11.1 Å². The van der Waals surface area contributed by atoms with E-state index in [0.29, 0.717) is 17.3 Å². The Morgan fingerprint density at radius 3 is 2.65 bits per heavy atom. The van der Waals surface area contributed by atoms with E-state index in [1.165, 1.54) is 11.8 Å². The predicted octanol–water partition coefficient (Wildman–Crippen LogP) is 0.918. The molecule has 1 aromatic carbocycles. The van der Waals surface area contributed by atoms with Gasteiger partial charge >= 0.3 is 0 Å². The summed E-state index contributed by atoms with van der Waals surface area (Å²) in [6, 6.07) is 9.76. The third kappa shape index (κ3) is 4.08. The number of likely N-dealkylation sites (N-methyl/N-ethyl adjacent to an activating group) is 1. The fraction of sp³-hybridized carbons (Fsp3) is 0.467. The standard InChI is InChI=1S/C15H20N6OS/c1-19-8-10-20(11-9-19)14(22)7-12-23-15-16-17-18-21(15)13-5-3-2-4-6-13/h2-6H,7-12H2,1H3. The Kier molecular flexibility index (Phi) is 5.24.